The van der Waals surface area contributed by atoms with Crippen LogP contribution in [0, 0.1) is 0 Å². The fourth-order valence-electron chi connectivity index (χ4n) is 3.10. The van der Waals surface area contributed by atoms with Crippen molar-refractivity contribution in [2.24, 2.45) is 10.7 Å². The standard InChI is InChI=1S/C19H23BrN4/c20-16-7-5-15(6-8-16)19(10-3-11-19)14-24-18(21)23-13-9-17-4-1-2-12-22-17/h1-2,4-8,12H,3,9-11,13-14H2,(H3,21,23,24). The van der Waals surface area contributed by atoms with Crippen molar-refractivity contribution >= 4 is 21.9 Å². The Kier molecular flexibility index (Phi) is 5.51. The van der Waals surface area contributed by atoms with Gasteiger partial charge in [-0.3, -0.25) is 9.98 Å². The first-order valence-corrected chi connectivity index (χ1v) is 9.17. The minimum atomic E-state index is 0.161. The Morgan fingerprint density at radius 1 is 1.21 bits per heavy atom. The van der Waals surface area contributed by atoms with Crippen molar-refractivity contribution < 1.29 is 0 Å². The van der Waals surface area contributed by atoms with Crippen LogP contribution in [-0.2, 0) is 11.8 Å². The smallest absolute Gasteiger partial charge is 0.188 e. The van der Waals surface area contributed by atoms with Gasteiger partial charge in [-0.1, -0.05) is 40.5 Å². The monoisotopic (exact) mass is 386 g/mol. The Balaban J connectivity index is 1.54. The van der Waals surface area contributed by atoms with Gasteiger partial charge >= 0.3 is 0 Å². The van der Waals surface area contributed by atoms with Crippen LogP contribution in [0.25, 0.3) is 0 Å². The van der Waals surface area contributed by atoms with Crippen molar-refractivity contribution in [1.82, 2.24) is 10.3 Å². The number of nitrogens with zero attached hydrogens (tertiary/aromatic N) is 2. The van der Waals surface area contributed by atoms with E-state index in [1.54, 1.807) is 0 Å². The molecular weight excluding hydrogens is 364 g/mol. The zero-order valence-electron chi connectivity index (χ0n) is 13.7. The summed E-state index contributed by atoms with van der Waals surface area (Å²) in [6.45, 7) is 1.49. The number of aliphatic imine (C=N–C) groups is 1. The molecule has 3 N–H and O–H groups in total. The van der Waals surface area contributed by atoms with Crippen LogP contribution < -0.4 is 11.1 Å². The van der Waals surface area contributed by atoms with Gasteiger partial charge in [0.15, 0.2) is 5.96 Å². The zero-order chi connectivity index (χ0) is 16.8. The maximum Gasteiger partial charge on any atom is 0.188 e. The van der Waals surface area contributed by atoms with E-state index in [0.29, 0.717) is 5.96 Å². The van der Waals surface area contributed by atoms with Gasteiger partial charge in [0.05, 0.1) is 6.54 Å². The summed E-state index contributed by atoms with van der Waals surface area (Å²) in [7, 11) is 0. The second kappa shape index (κ2) is 7.79. The predicted molar refractivity (Wildman–Crippen MR) is 102 cm³/mol. The SMILES string of the molecule is NC(=NCC1(c2ccc(Br)cc2)CCC1)NCCc1ccccn1. The number of halogens is 1. The number of hydrogen-bond donors (Lipinski definition) is 2. The maximum absolute atomic E-state index is 6.04. The molecule has 0 aliphatic heterocycles. The van der Waals surface area contributed by atoms with E-state index in [4.69, 9.17) is 5.73 Å². The second-order valence-electron chi connectivity index (χ2n) is 6.34. The molecule has 0 unspecified atom stereocenters. The summed E-state index contributed by atoms with van der Waals surface area (Å²) in [6, 6.07) is 14.5. The first kappa shape index (κ1) is 17.0. The van der Waals surface area contributed by atoms with Gasteiger partial charge in [0.25, 0.3) is 0 Å². The molecule has 1 aliphatic rings. The lowest BCUT2D eigenvalue weighted by Gasteiger charge is -2.41. The van der Waals surface area contributed by atoms with Crippen molar-refractivity contribution in [3.63, 3.8) is 0 Å². The average Bonchev–Trinajstić information content (AvgIpc) is 2.56. The highest BCUT2D eigenvalue weighted by molar-refractivity contribution is 9.10. The van der Waals surface area contributed by atoms with E-state index < -0.39 is 0 Å². The molecule has 4 nitrogen and oxygen atoms in total. The van der Waals surface area contributed by atoms with Gasteiger partial charge in [-0.25, -0.2) is 0 Å². The van der Waals surface area contributed by atoms with Crippen LogP contribution >= 0.6 is 15.9 Å². The molecule has 0 spiro atoms. The quantitative estimate of drug-likeness (QED) is 0.590. The summed E-state index contributed by atoms with van der Waals surface area (Å²) in [4.78, 5) is 8.90. The number of nitrogens with two attached hydrogens (primary N) is 1. The van der Waals surface area contributed by atoms with E-state index in [9.17, 15) is 0 Å². The van der Waals surface area contributed by atoms with Crippen LogP contribution in [-0.4, -0.2) is 24.0 Å². The number of hydrogen-bond acceptors (Lipinski definition) is 2. The molecule has 1 aromatic carbocycles. The van der Waals surface area contributed by atoms with Gasteiger partial charge < -0.3 is 11.1 Å². The van der Waals surface area contributed by atoms with E-state index in [0.717, 1.165) is 29.7 Å². The molecule has 0 saturated heterocycles. The van der Waals surface area contributed by atoms with Gasteiger partial charge in [-0.15, -0.1) is 0 Å². The molecule has 126 valence electrons. The highest BCUT2D eigenvalue weighted by Crippen LogP contribution is 2.44. The van der Waals surface area contributed by atoms with Gasteiger partial charge in [0, 0.05) is 34.7 Å². The fourth-order valence-corrected chi connectivity index (χ4v) is 3.37. The van der Waals surface area contributed by atoms with Crippen molar-refractivity contribution in [2.45, 2.75) is 31.1 Å². The third-order valence-corrected chi connectivity index (χ3v) is 5.26. The van der Waals surface area contributed by atoms with Crippen molar-refractivity contribution in [3.05, 3.63) is 64.4 Å². The highest BCUT2D eigenvalue weighted by atomic mass is 79.9. The molecule has 1 aromatic heterocycles. The minimum Gasteiger partial charge on any atom is -0.370 e. The number of aromatic nitrogens is 1. The normalized spacial score (nSPS) is 16.5. The molecule has 0 bridgehead atoms. The van der Waals surface area contributed by atoms with E-state index in [-0.39, 0.29) is 5.41 Å². The molecule has 1 saturated carbocycles. The first-order chi connectivity index (χ1) is 11.7. The third-order valence-electron chi connectivity index (χ3n) is 4.73. The molecule has 2 aromatic rings. The Labute approximate surface area is 151 Å². The van der Waals surface area contributed by atoms with Gasteiger partial charge in [0.1, 0.15) is 0 Å². The van der Waals surface area contributed by atoms with Crippen LogP contribution in [0.5, 0.6) is 0 Å². The zero-order valence-corrected chi connectivity index (χ0v) is 15.3. The summed E-state index contributed by atoms with van der Waals surface area (Å²) in [5, 5.41) is 3.19. The summed E-state index contributed by atoms with van der Waals surface area (Å²) >= 11 is 3.50. The van der Waals surface area contributed by atoms with Crippen molar-refractivity contribution in [2.75, 3.05) is 13.1 Å². The van der Waals surface area contributed by atoms with E-state index >= 15 is 0 Å². The lowest BCUT2D eigenvalue weighted by atomic mass is 9.64. The molecule has 1 heterocycles. The predicted octanol–water partition coefficient (Wildman–Crippen LogP) is 3.41. The number of pyridine rings is 1. The molecule has 24 heavy (non-hydrogen) atoms. The lowest BCUT2D eigenvalue weighted by Crippen LogP contribution is -2.40. The Morgan fingerprint density at radius 2 is 2.00 bits per heavy atom. The Bertz CT molecular complexity index is 678. The van der Waals surface area contributed by atoms with Gasteiger partial charge in [0.2, 0.25) is 0 Å². The molecule has 1 fully saturated rings. The van der Waals surface area contributed by atoms with E-state index in [2.05, 4.69) is 55.5 Å². The van der Waals surface area contributed by atoms with Crippen molar-refractivity contribution in [1.29, 1.82) is 0 Å². The number of nitrogens with one attached hydrogen (secondary N) is 1. The highest BCUT2D eigenvalue weighted by Gasteiger charge is 2.38. The summed E-state index contributed by atoms with van der Waals surface area (Å²) in [6.07, 6.45) is 6.28. The van der Waals surface area contributed by atoms with E-state index in [1.165, 1.54) is 24.8 Å². The summed E-state index contributed by atoms with van der Waals surface area (Å²) < 4.78 is 1.11. The topological polar surface area (TPSA) is 63.3 Å². The fraction of sp³-hybridized carbons (Fsp3) is 0.368. The van der Waals surface area contributed by atoms with Crippen LogP contribution in [0.4, 0.5) is 0 Å². The number of benzene rings is 1. The lowest BCUT2D eigenvalue weighted by molar-refractivity contribution is 0.253. The number of rotatable bonds is 6. The van der Waals surface area contributed by atoms with Crippen LogP contribution in [0.1, 0.15) is 30.5 Å². The molecule has 0 amide bonds. The summed E-state index contributed by atoms with van der Waals surface area (Å²) in [5.74, 6) is 0.523. The summed E-state index contributed by atoms with van der Waals surface area (Å²) in [5.41, 5.74) is 8.62. The molecule has 3 rings (SSSR count). The molecule has 0 radical (unpaired) electrons. The van der Waals surface area contributed by atoms with Crippen molar-refractivity contribution in [3.8, 4) is 0 Å². The average molecular weight is 387 g/mol. The van der Waals surface area contributed by atoms with Gasteiger partial charge in [-0.05, 0) is 42.7 Å². The largest absolute Gasteiger partial charge is 0.370 e. The first-order valence-electron chi connectivity index (χ1n) is 8.38. The molecular formula is C19H23BrN4. The van der Waals surface area contributed by atoms with Crippen LogP contribution in [0.3, 0.4) is 0 Å². The molecule has 0 atom stereocenters. The molecule has 1 aliphatic carbocycles. The second-order valence-corrected chi connectivity index (χ2v) is 7.26. The van der Waals surface area contributed by atoms with Crippen LogP contribution in [0.15, 0.2) is 58.1 Å². The van der Waals surface area contributed by atoms with E-state index in [1.807, 2.05) is 24.4 Å². The molecule has 5 heteroatoms. The maximum atomic E-state index is 6.04. The minimum absolute atomic E-state index is 0.161. The number of guanidine groups is 1. The van der Waals surface area contributed by atoms with Crippen LogP contribution in [0.2, 0.25) is 0 Å². The third kappa shape index (κ3) is 4.15. The Hall–Kier alpha value is -1.88. The Morgan fingerprint density at radius 3 is 2.62 bits per heavy atom. The van der Waals surface area contributed by atoms with Gasteiger partial charge in [-0.2, -0.15) is 0 Å².